The Hall–Kier alpha value is -4.19. The largest absolute Gasteiger partial charge is 0.345 e. The van der Waals surface area contributed by atoms with Crippen LogP contribution in [-0.2, 0) is 35.6 Å². The van der Waals surface area contributed by atoms with E-state index in [4.69, 9.17) is 0 Å². The van der Waals surface area contributed by atoms with E-state index in [1.54, 1.807) is 17.0 Å². The number of carbonyl (C=O) groups is 2. The lowest BCUT2D eigenvalue weighted by atomic mass is 10.1. The van der Waals surface area contributed by atoms with Crippen molar-refractivity contribution in [2.45, 2.75) is 45.9 Å². The molecule has 0 saturated carbocycles. The summed E-state index contributed by atoms with van der Waals surface area (Å²) in [5, 5.41) is 0. The molecule has 0 saturated heterocycles. The van der Waals surface area contributed by atoms with Gasteiger partial charge >= 0.3 is 0 Å². The van der Waals surface area contributed by atoms with Gasteiger partial charge in [0.05, 0.1) is 13.0 Å². The summed E-state index contributed by atoms with van der Waals surface area (Å²) < 4.78 is 15.5. The number of nitrogens with zero attached hydrogens (tertiary/aromatic N) is 3. The van der Waals surface area contributed by atoms with Gasteiger partial charge in [-0.25, -0.2) is 4.39 Å². The fraction of sp³-hybridized carbons (Fsp3) is 0.250. The average Bonchev–Trinajstić information content (AvgIpc) is 3.35. The Balaban J connectivity index is 1.52. The molecule has 0 aliphatic carbocycles. The van der Waals surface area contributed by atoms with E-state index in [0.29, 0.717) is 19.6 Å². The third-order valence-corrected chi connectivity index (χ3v) is 6.56. The van der Waals surface area contributed by atoms with Crippen LogP contribution in [0.5, 0.6) is 0 Å². The van der Waals surface area contributed by atoms with Gasteiger partial charge in [0.1, 0.15) is 12.4 Å². The third kappa shape index (κ3) is 7.42. The molecule has 1 aromatic heterocycles. The minimum Gasteiger partial charge on any atom is -0.345 e. The molecule has 5 nitrogen and oxygen atoms in total. The second-order valence-electron chi connectivity index (χ2n) is 9.77. The first-order chi connectivity index (χ1) is 18.4. The first kappa shape index (κ1) is 26.9. The van der Waals surface area contributed by atoms with Crippen LogP contribution >= 0.6 is 0 Å². The van der Waals surface area contributed by atoms with Crippen LogP contribution in [0.3, 0.4) is 0 Å². The molecule has 2 amide bonds. The Kier molecular flexibility index (Phi) is 9.09. The summed E-state index contributed by atoms with van der Waals surface area (Å²) in [6, 6.07) is 29.9. The van der Waals surface area contributed by atoms with Crippen molar-refractivity contribution in [3.05, 3.63) is 131 Å². The minimum absolute atomic E-state index is 0.0239. The highest BCUT2D eigenvalue weighted by Gasteiger charge is 2.24. The predicted molar refractivity (Wildman–Crippen MR) is 148 cm³/mol. The number of carbonyl (C=O) groups excluding carboxylic acids is 2. The van der Waals surface area contributed by atoms with Crippen LogP contribution in [0, 0.1) is 5.82 Å². The van der Waals surface area contributed by atoms with Crippen molar-refractivity contribution in [2.75, 3.05) is 6.54 Å². The van der Waals surface area contributed by atoms with Crippen LogP contribution in [0.2, 0.25) is 0 Å². The first-order valence-corrected chi connectivity index (χ1v) is 12.9. The summed E-state index contributed by atoms with van der Waals surface area (Å²) in [5.74, 6) is -0.625. The Labute approximate surface area is 224 Å². The van der Waals surface area contributed by atoms with Crippen LogP contribution in [0.25, 0.3) is 0 Å². The molecule has 0 fully saturated rings. The van der Waals surface area contributed by atoms with E-state index >= 15 is 0 Å². The normalized spacial score (nSPS) is 10.9. The van der Waals surface area contributed by atoms with Crippen LogP contribution in [0.4, 0.5) is 4.39 Å². The van der Waals surface area contributed by atoms with Gasteiger partial charge in [0, 0.05) is 31.0 Å². The van der Waals surface area contributed by atoms with Gasteiger partial charge in [-0.1, -0.05) is 72.8 Å². The standard InChI is InChI=1S/C32H34FN3O2/c1-25(2)36(31(37)20-26-15-17-29(33)18-16-26)24-32(38)35(22-28-12-7-4-8-13-28)23-30-14-9-19-34(30)21-27-10-5-3-6-11-27/h3-19,25H,20-24H2,1-2H3. The van der Waals surface area contributed by atoms with Crippen molar-refractivity contribution in [1.29, 1.82) is 0 Å². The number of hydrogen-bond donors (Lipinski definition) is 0. The fourth-order valence-electron chi connectivity index (χ4n) is 4.44. The van der Waals surface area contributed by atoms with E-state index in [1.165, 1.54) is 17.7 Å². The number of rotatable bonds is 11. The Morgan fingerprint density at radius 3 is 2.00 bits per heavy atom. The maximum Gasteiger partial charge on any atom is 0.242 e. The highest BCUT2D eigenvalue weighted by molar-refractivity contribution is 5.86. The molecule has 0 atom stereocenters. The summed E-state index contributed by atoms with van der Waals surface area (Å²) in [6.07, 6.45) is 2.14. The second kappa shape index (κ2) is 12.9. The molecule has 0 aliphatic rings. The molecule has 0 bridgehead atoms. The van der Waals surface area contributed by atoms with Gasteiger partial charge < -0.3 is 14.4 Å². The van der Waals surface area contributed by atoms with E-state index in [2.05, 4.69) is 16.7 Å². The maximum absolute atomic E-state index is 13.7. The fourth-order valence-corrected chi connectivity index (χ4v) is 4.44. The van der Waals surface area contributed by atoms with Crippen molar-refractivity contribution in [3.63, 3.8) is 0 Å². The van der Waals surface area contributed by atoms with Gasteiger partial charge in [-0.3, -0.25) is 9.59 Å². The minimum atomic E-state index is -0.342. The SMILES string of the molecule is CC(C)N(CC(=O)N(Cc1ccccc1)Cc1cccn1Cc1ccccc1)C(=O)Cc1ccc(F)cc1. The highest BCUT2D eigenvalue weighted by atomic mass is 19.1. The Morgan fingerprint density at radius 2 is 1.37 bits per heavy atom. The van der Waals surface area contributed by atoms with Crippen LogP contribution in [0.1, 0.15) is 36.2 Å². The highest BCUT2D eigenvalue weighted by Crippen LogP contribution is 2.15. The van der Waals surface area contributed by atoms with E-state index in [1.807, 2.05) is 85.6 Å². The number of benzene rings is 3. The van der Waals surface area contributed by atoms with Gasteiger partial charge in [0.25, 0.3) is 0 Å². The van der Waals surface area contributed by atoms with Crippen molar-refractivity contribution in [1.82, 2.24) is 14.4 Å². The molecule has 4 aromatic rings. The number of amides is 2. The Morgan fingerprint density at radius 1 is 0.737 bits per heavy atom. The summed E-state index contributed by atoms with van der Waals surface area (Å²) >= 11 is 0. The average molecular weight is 512 g/mol. The Bertz CT molecular complexity index is 1320. The summed E-state index contributed by atoms with van der Waals surface area (Å²) in [5.41, 5.74) is 3.94. The zero-order chi connectivity index (χ0) is 26.9. The molecular weight excluding hydrogens is 477 g/mol. The number of hydrogen-bond acceptors (Lipinski definition) is 2. The monoisotopic (exact) mass is 511 g/mol. The van der Waals surface area contributed by atoms with Gasteiger partial charge in [-0.05, 0) is 54.8 Å². The zero-order valence-corrected chi connectivity index (χ0v) is 22.0. The summed E-state index contributed by atoms with van der Waals surface area (Å²) in [6.45, 7) is 5.36. The molecule has 0 N–H and O–H groups in total. The second-order valence-corrected chi connectivity index (χ2v) is 9.77. The van der Waals surface area contributed by atoms with Crippen molar-refractivity contribution < 1.29 is 14.0 Å². The molecule has 0 aliphatic heterocycles. The quantitative estimate of drug-likeness (QED) is 0.260. The van der Waals surface area contributed by atoms with Crippen LogP contribution in [0.15, 0.2) is 103 Å². The lowest BCUT2D eigenvalue weighted by Crippen LogP contribution is -2.46. The first-order valence-electron chi connectivity index (χ1n) is 12.9. The molecule has 0 unspecified atom stereocenters. The van der Waals surface area contributed by atoms with Gasteiger partial charge in [-0.15, -0.1) is 0 Å². The smallest absolute Gasteiger partial charge is 0.242 e. The van der Waals surface area contributed by atoms with E-state index in [-0.39, 0.29) is 36.6 Å². The summed E-state index contributed by atoms with van der Waals surface area (Å²) in [7, 11) is 0. The molecule has 6 heteroatoms. The molecule has 0 spiro atoms. The third-order valence-electron chi connectivity index (χ3n) is 6.56. The van der Waals surface area contributed by atoms with Crippen LogP contribution in [-0.4, -0.2) is 38.8 Å². The molecule has 4 rings (SSSR count). The summed E-state index contributed by atoms with van der Waals surface area (Å²) in [4.78, 5) is 30.3. The molecular formula is C32H34FN3O2. The van der Waals surface area contributed by atoms with Gasteiger partial charge in [-0.2, -0.15) is 0 Å². The van der Waals surface area contributed by atoms with Crippen molar-refractivity contribution >= 4 is 11.8 Å². The molecule has 38 heavy (non-hydrogen) atoms. The lowest BCUT2D eigenvalue weighted by Gasteiger charge is -2.30. The van der Waals surface area contributed by atoms with E-state index in [9.17, 15) is 14.0 Å². The maximum atomic E-state index is 13.7. The number of halogens is 1. The van der Waals surface area contributed by atoms with Crippen LogP contribution < -0.4 is 0 Å². The van der Waals surface area contributed by atoms with Gasteiger partial charge in [0.15, 0.2) is 0 Å². The van der Waals surface area contributed by atoms with Gasteiger partial charge in [0.2, 0.25) is 11.8 Å². The molecule has 0 radical (unpaired) electrons. The molecule has 3 aromatic carbocycles. The molecule has 196 valence electrons. The number of aromatic nitrogens is 1. The van der Waals surface area contributed by atoms with E-state index < -0.39 is 0 Å². The zero-order valence-electron chi connectivity index (χ0n) is 22.0. The van der Waals surface area contributed by atoms with Crippen molar-refractivity contribution in [3.8, 4) is 0 Å². The lowest BCUT2D eigenvalue weighted by molar-refractivity contribution is -0.142. The van der Waals surface area contributed by atoms with E-state index in [0.717, 1.165) is 16.8 Å². The topological polar surface area (TPSA) is 45.6 Å². The van der Waals surface area contributed by atoms with Crippen molar-refractivity contribution in [2.24, 2.45) is 0 Å². The predicted octanol–water partition coefficient (Wildman–Crippen LogP) is 5.68. The molecule has 1 heterocycles.